The molecular formula is C27H29F3N4O3S2. The van der Waals surface area contributed by atoms with E-state index in [1.54, 1.807) is 17.0 Å². The highest BCUT2D eigenvalue weighted by atomic mass is 32.2. The summed E-state index contributed by atoms with van der Waals surface area (Å²) >= 11 is 2.61. The molecule has 39 heavy (non-hydrogen) atoms. The Kier molecular flexibility index (Phi) is 7.32. The molecule has 0 spiro atoms. The van der Waals surface area contributed by atoms with E-state index >= 15 is 0 Å². The number of hydrogen-bond donors (Lipinski definition) is 0. The third kappa shape index (κ3) is 4.76. The first kappa shape index (κ1) is 27.7. The second-order valence-corrected chi connectivity index (χ2v) is 12.3. The minimum absolute atomic E-state index is 0.0994. The van der Waals surface area contributed by atoms with Gasteiger partial charge in [0.1, 0.15) is 5.82 Å². The predicted octanol–water partition coefficient (Wildman–Crippen LogP) is 5.36. The number of aromatic nitrogens is 2. The molecule has 0 radical (unpaired) electrons. The molecule has 3 atom stereocenters. The number of ether oxygens (including phenoxy) is 1. The molecule has 5 rings (SSSR count). The zero-order valence-corrected chi connectivity index (χ0v) is 23.7. The summed E-state index contributed by atoms with van der Waals surface area (Å²) in [5.74, 6) is 0.370. The van der Waals surface area contributed by atoms with Crippen LogP contribution in [0.3, 0.4) is 0 Å². The van der Waals surface area contributed by atoms with Crippen LogP contribution in [0.4, 0.5) is 19.0 Å². The predicted molar refractivity (Wildman–Crippen MR) is 149 cm³/mol. The number of amides is 1. The maximum Gasteiger partial charge on any atom is 0.417 e. The molecule has 12 heteroatoms. The van der Waals surface area contributed by atoms with E-state index in [1.165, 1.54) is 40.9 Å². The number of hydrogen-bond acceptors (Lipinski definition) is 7. The van der Waals surface area contributed by atoms with Gasteiger partial charge in [-0.2, -0.15) is 18.2 Å². The van der Waals surface area contributed by atoms with Gasteiger partial charge in [0.2, 0.25) is 5.91 Å². The van der Waals surface area contributed by atoms with E-state index in [1.807, 2.05) is 25.7 Å². The average molecular weight is 579 g/mol. The maximum atomic E-state index is 14.7. The lowest BCUT2D eigenvalue weighted by atomic mass is 10.00. The Morgan fingerprint density at radius 3 is 2.51 bits per heavy atom. The summed E-state index contributed by atoms with van der Waals surface area (Å²) in [6.07, 6.45) is -3.37. The lowest BCUT2D eigenvalue weighted by molar-refractivity contribution is -0.137. The Bertz CT molecular complexity index is 1500. The summed E-state index contributed by atoms with van der Waals surface area (Å²) < 4.78 is 50.9. The molecule has 0 bridgehead atoms. The fraction of sp³-hybridized carbons (Fsp3) is 0.444. The molecule has 1 saturated heterocycles. The van der Waals surface area contributed by atoms with Gasteiger partial charge in [-0.25, -0.2) is 4.79 Å². The Balaban J connectivity index is 1.80. The van der Waals surface area contributed by atoms with Gasteiger partial charge in [-0.3, -0.25) is 9.36 Å². The van der Waals surface area contributed by atoms with Crippen LogP contribution in [0.15, 0.2) is 40.5 Å². The standard InChI is InChI=1S/C27H29F3N4O3S2/c1-6-21(35)33-14(2)10-32(11-15(33)3)25-18-9-19(27(28,29)30)22(20-8-7-16(4)39-20)24-23(18)34(26(36)31-25)17(12-37-5)13-38-24/h6-9,14-15,17H,1,10-13H2,2-5H3/t14-,15+,17-/m0/s1. The summed E-state index contributed by atoms with van der Waals surface area (Å²) in [5.41, 5.74) is -0.733. The molecule has 1 aromatic carbocycles. The Hall–Kier alpha value is -2.83. The first-order chi connectivity index (χ1) is 18.5. The number of anilines is 1. The summed E-state index contributed by atoms with van der Waals surface area (Å²) in [6, 6.07) is 3.75. The van der Waals surface area contributed by atoms with Crippen molar-refractivity contribution >= 4 is 45.7 Å². The van der Waals surface area contributed by atoms with Gasteiger partial charge < -0.3 is 14.5 Å². The molecule has 4 heterocycles. The van der Waals surface area contributed by atoms with E-state index in [4.69, 9.17) is 4.74 Å². The minimum atomic E-state index is -4.63. The Labute approximate surface area is 232 Å². The van der Waals surface area contributed by atoms with E-state index in [0.717, 1.165) is 10.9 Å². The van der Waals surface area contributed by atoms with E-state index in [9.17, 15) is 22.8 Å². The molecule has 2 aliphatic rings. The zero-order valence-electron chi connectivity index (χ0n) is 22.0. The van der Waals surface area contributed by atoms with E-state index in [-0.39, 0.29) is 47.4 Å². The number of alkyl halides is 3. The smallest absolute Gasteiger partial charge is 0.383 e. The van der Waals surface area contributed by atoms with Crippen molar-refractivity contribution in [3.63, 3.8) is 0 Å². The molecule has 0 unspecified atom stereocenters. The molecule has 0 saturated carbocycles. The van der Waals surface area contributed by atoms with Crippen LogP contribution in [-0.2, 0) is 15.7 Å². The molecular weight excluding hydrogens is 549 g/mol. The maximum absolute atomic E-state index is 14.7. The highest BCUT2D eigenvalue weighted by Gasteiger charge is 2.40. The molecule has 2 aromatic heterocycles. The van der Waals surface area contributed by atoms with Crippen molar-refractivity contribution in [2.24, 2.45) is 0 Å². The largest absolute Gasteiger partial charge is 0.417 e. The number of carbonyl (C=O) groups excluding carboxylic acids is 1. The monoisotopic (exact) mass is 578 g/mol. The van der Waals surface area contributed by atoms with Gasteiger partial charge in [-0.15, -0.1) is 23.1 Å². The van der Waals surface area contributed by atoms with E-state index in [2.05, 4.69) is 11.6 Å². The topological polar surface area (TPSA) is 67.7 Å². The van der Waals surface area contributed by atoms with Crippen molar-refractivity contribution in [2.45, 2.75) is 50.0 Å². The van der Waals surface area contributed by atoms with Crippen molar-refractivity contribution in [3.05, 3.63) is 51.8 Å². The van der Waals surface area contributed by atoms with Crippen LogP contribution in [0.2, 0.25) is 0 Å². The number of benzene rings is 1. The van der Waals surface area contributed by atoms with E-state index < -0.39 is 17.4 Å². The van der Waals surface area contributed by atoms with Gasteiger partial charge in [-0.05, 0) is 45.0 Å². The van der Waals surface area contributed by atoms with Crippen LogP contribution in [0.1, 0.15) is 30.3 Å². The molecule has 1 fully saturated rings. The van der Waals surface area contributed by atoms with Crippen molar-refractivity contribution in [3.8, 4) is 10.4 Å². The number of methoxy groups -OCH3 is 1. The molecule has 7 nitrogen and oxygen atoms in total. The third-order valence-electron chi connectivity index (χ3n) is 7.23. The van der Waals surface area contributed by atoms with Gasteiger partial charge in [0.15, 0.2) is 0 Å². The van der Waals surface area contributed by atoms with Crippen LogP contribution < -0.4 is 10.6 Å². The quantitative estimate of drug-likeness (QED) is 0.380. The number of nitrogens with zero attached hydrogens (tertiary/aromatic N) is 4. The van der Waals surface area contributed by atoms with Crippen LogP contribution in [0.5, 0.6) is 0 Å². The lowest BCUT2D eigenvalue weighted by Gasteiger charge is -2.45. The molecule has 0 aliphatic carbocycles. The van der Waals surface area contributed by atoms with Gasteiger partial charge in [0.25, 0.3) is 0 Å². The lowest BCUT2D eigenvalue weighted by Crippen LogP contribution is -2.58. The van der Waals surface area contributed by atoms with Crippen LogP contribution in [0.25, 0.3) is 21.3 Å². The molecule has 208 valence electrons. The van der Waals surface area contributed by atoms with Crippen molar-refractivity contribution in [1.29, 1.82) is 0 Å². The van der Waals surface area contributed by atoms with Crippen LogP contribution in [0, 0.1) is 6.92 Å². The fourth-order valence-electron chi connectivity index (χ4n) is 5.72. The zero-order chi connectivity index (χ0) is 28.2. The summed E-state index contributed by atoms with van der Waals surface area (Å²) in [7, 11) is 1.53. The van der Waals surface area contributed by atoms with Crippen molar-refractivity contribution in [1.82, 2.24) is 14.5 Å². The number of piperazine rings is 1. The average Bonchev–Trinajstić information content (AvgIpc) is 3.30. The first-order valence-corrected chi connectivity index (χ1v) is 14.3. The van der Waals surface area contributed by atoms with Gasteiger partial charge >= 0.3 is 11.9 Å². The van der Waals surface area contributed by atoms with E-state index in [0.29, 0.717) is 34.1 Å². The Morgan fingerprint density at radius 2 is 1.95 bits per heavy atom. The number of thiophene rings is 1. The molecule has 2 aliphatic heterocycles. The number of rotatable bonds is 5. The van der Waals surface area contributed by atoms with Gasteiger partial charge in [0.05, 0.1) is 23.7 Å². The highest BCUT2D eigenvalue weighted by Crippen LogP contribution is 2.51. The Morgan fingerprint density at radius 1 is 1.26 bits per heavy atom. The SMILES string of the molecule is C=CC(=O)N1[C@H](C)CN(c2nc(=O)n3c4c(c(-c5ccc(C)s5)c(C(F)(F)F)cc24)SC[C@@H]3COC)C[C@@H]1C. The second-order valence-electron chi connectivity index (χ2n) is 9.99. The number of halogens is 3. The fourth-order valence-corrected chi connectivity index (χ4v) is 8.03. The van der Waals surface area contributed by atoms with Gasteiger partial charge in [0, 0.05) is 63.6 Å². The number of thioether (sulfide) groups is 1. The summed E-state index contributed by atoms with van der Waals surface area (Å²) in [6.45, 7) is 10.0. The molecule has 0 N–H and O–H groups in total. The van der Waals surface area contributed by atoms with Gasteiger partial charge in [-0.1, -0.05) is 6.58 Å². The molecule has 1 amide bonds. The van der Waals surface area contributed by atoms with Crippen LogP contribution in [-0.4, -0.2) is 65.0 Å². The summed E-state index contributed by atoms with van der Waals surface area (Å²) in [5, 5.41) is 0.269. The first-order valence-electron chi connectivity index (χ1n) is 12.5. The van der Waals surface area contributed by atoms with Crippen molar-refractivity contribution in [2.75, 3.05) is 37.5 Å². The summed E-state index contributed by atoms with van der Waals surface area (Å²) in [4.78, 5) is 35.7. The number of carbonyl (C=O) groups is 1. The van der Waals surface area contributed by atoms with Crippen molar-refractivity contribution < 1.29 is 22.7 Å². The number of aryl methyl sites for hydroxylation is 1. The van der Waals surface area contributed by atoms with Crippen LogP contribution >= 0.6 is 23.1 Å². The third-order valence-corrected chi connectivity index (χ3v) is 9.48. The normalized spacial score (nSPS) is 21.5. The second kappa shape index (κ2) is 10.3. The minimum Gasteiger partial charge on any atom is -0.383 e. The highest BCUT2D eigenvalue weighted by molar-refractivity contribution is 7.99. The molecule has 3 aromatic rings.